The van der Waals surface area contributed by atoms with Crippen molar-refractivity contribution in [2.24, 2.45) is 0 Å². The minimum absolute atomic E-state index is 0.0755. The van der Waals surface area contributed by atoms with Gasteiger partial charge < -0.3 is 9.84 Å². The number of aliphatic carboxylic acids is 1. The zero-order valence-electron chi connectivity index (χ0n) is 17.0. The van der Waals surface area contributed by atoms with Crippen molar-refractivity contribution < 1.29 is 14.6 Å². The van der Waals surface area contributed by atoms with E-state index in [0.29, 0.717) is 38.9 Å². The van der Waals surface area contributed by atoms with Gasteiger partial charge in [-0.05, 0) is 77.5 Å². The largest absolute Gasteiger partial charge is 0.489 e. The molecule has 4 rings (SSSR count). The van der Waals surface area contributed by atoms with Gasteiger partial charge in [-0.25, -0.2) is 9.78 Å². The number of nitrogens with zero attached hydrogens (tertiary/aromatic N) is 2. The summed E-state index contributed by atoms with van der Waals surface area (Å²) in [6.07, 6.45) is 1.56. The molecular weight excluding hydrogens is 481 g/mol. The van der Waals surface area contributed by atoms with Gasteiger partial charge >= 0.3 is 5.97 Å². The monoisotopic (exact) mass is 497 g/mol. The van der Waals surface area contributed by atoms with Gasteiger partial charge in [0, 0.05) is 15.6 Å². The molecule has 2 N–H and O–H groups in total. The number of aromatic amines is 1. The second-order valence-electron chi connectivity index (χ2n) is 6.88. The number of carboxylic acids is 1. The van der Waals surface area contributed by atoms with Gasteiger partial charge in [0.1, 0.15) is 17.3 Å². The Hall–Kier alpha value is -3.26. The van der Waals surface area contributed by atoms with E-state index in [-0.39, 0.29) is 4.91 Å². The Kier molecular flexibility index (Phi) is 7.34. The third-order valence-corrected chi connectivity index (χ3v) is 5.85. The smallest absolute Gasteiger partial charge is 0.342 e. The fourth-order valence-corrected chi connectivity index (χ4v) is 3.81. The number of ether oxygens (including phenoxy) is 1. The summed E-state index contributed by atoms with van der Waals surface area (Å²) in [5, 5.41) is 18.2. The standard InChI is InChI=1S/C24H17Cl2N3O3S/c25-18-8-4-15(5-9-18)14-32-20-3-1-2-16(12-20)13-21(23(30)31)33-24-27-22(28-29-24)17-6-10-19(26)11-7-17/h1-13H,14H2,(H,30,31)(H,27,28,29)/b21-13-. The summed E-state index contributed by atoms with van der Waals surface area (Å²) in [5.41, 5.74) is 2.45. The average molecular weight is 498 g/mol. The van der Waals surface area contributed by atoms with E-state index < -0.39 is 5.97 Å². The molecule has 1 heterocycles. The predicted octanol–water partition coefficient (Wildman–Crippen LogP) is 6.58. The molecule has 9 heteroatoms. The highest BCUT2D eigenvalue weighted by molar-refractivity contribution is 8.04. The first-order valence-electron chi connectivity index (χ1n) is 9.75. The number of carboxylic acid groups (broad SMARTS) is 1. The van der Waals surface area contributed by atoms with Crippen LogP contribution in [-0.2, 0) is 11.4 Å². The molecule has 0 radical (unpaired) electrons. The molecule has 6 nitrogen and oxygen atoms in total. The lowest BCUT2D eigenvalue weighted by atomic mass is 10.2. The van der Waals surface area contributed by atoms with Gasteiger partial charge in [-0.15, -0.1) is 5.10 Å². The van der Waals surface area contributed by atoms with E-state index in [4.69, 9.17) is 27.9 Å². The van der Waals surface area contributed by atoms with Crippen LogP contribution in [0.5, 0.6) is 5.75 Å². The lowest BCUT2D eigenvalue weighted by Gasteiger charge is -2.07. The molecule has 4 aromatic rings. The maximum atomic E-state index is 11.8. The highest BCUT2D eigenvalue weighted by Crippen LogP contribution is 2.28. The van der Waals surface area contributed by atoms with Crippen LogP contribution in [0.25, 0.3) is 17.5 Å². The number of thioether (sulfide) groups is 1. The van der Waals surface area contributed by atoms with Gasteiger partial charge in [0.15, 0.2) is 5.82 Å². The first-order chi connectivity index (χ1) is 16.0. The molecule has 0 unspecified atom stereocenters. The van der Waals surface area contributed by atoms with Crippen LogP contribution in [0.4, 0.5) is 0 Å². The highest BCUT2D eigenvalue weighted by Gasteiger charge is 2.14. The summed E-state index contributed by atoms with van der Waals surface area (Å²) >= 11 is 12.8. The maximum absolute atomic E-state index is 11.8. The van der Waals surface area contributed by atoms with Gasteiger partial charge in [0.05, 0.1) is 0 Å². The summed E-state index contributed by atoms with van der Waals surface area (Å²) in [6, 6.07) is 21.7. The topological polar surface area (TPSA) is 88.1 Å². The molecule has 0 aliphatic rings. The highest BCUT2D eigenvalue weighted by atomic mass is 35.5. The number of halogens is 2. The van der Waals surface area contributed by atoms with Crippen LogP contribution >= 0.6 is 35.0 Å². The van der Waals surface area contributed by atoms with Crippen LogP contribution in [0.2, 0.25) is 10.0 Å². The van der Waals surface area contributed by atoms with E-state index in [1.54, 1.807) is 60.7 Å². The van der Waals surface area contributed by atoms with Gasteiger partial charge in [-0.1, -0.05) is 47.5 Å². The molecule has 1 aromatic heterocycles. The molecule has 0 amide bonds. The molecule has 33 heavy (non-hydrogen) atoms. The summed E-state index contributed by atoms with van der Waals surface area (Å²) in [5.74, 6) is 0.0678. The van der Waals surface area contributed by atoms with Crippen LogP contribution in [-0.4, -0.2) is 26.3 Å². The van der Waals surface area contributed by atoms with Crippen molar-refractivity contribution in [3.05, 3.63) is 98.9 Å². The zero-order chi connectivity index (χ0) is 23.2. The van der Waals surface area contributed by atoms with Crippen LogP contribution in [0.15, 0.2) is 82.9 Å². The van der Waals surface area contributed by atoms with E-state index in [2.05, 4.69) is 15.2 Å². The molecule has 166 valence electrons. The molecule has 0 bridgehead atoms. The molecule has 0 spiro atoms. The molecule has 0 saturated carbocycles. The van der Waals surface area contributed by atoms with Gasteiger partial charge in [0.25, 0.3) is 0 Å². The third-order valence-electron chi connectivity index (χ3n) is 4.47. The van der Waals surface area contributed by atoms with Crippen molar-refractivity contribution in [3.63, 3.8) is 0 Å². The van der Waals surface area contributed by atoms with Crippen molar-refractivity contribution in [2.75, 3.05) is 0 Å². The number of nitrogens with one attached hydrogen (secondary N) is 1. The molecule has 0 aliphatic carbocycles. The molecule has 0 fully saturated rings. The van der Waals surface area contributed by atoms with E-state index >= 15 is 0 Å². The first-order valence-corrected chi connectivity index (χ1v) is 11.3. The van der Waals surface area contributed by atoms with Crippen LogP contribution in [0.3, 0.4) is 0 Å². The Labute approximate surface area is 204 Å². The van der Waals surface area contributed by atoms with Crippen molar-refractivity contribution in [1.82, 2.24) is 15.2 Å². The van der Waals surface area contributed by atoms with Crippen molar-refractivity contribution >= 4 is 47.0 Å². The molecule has 3 aromatic carbocycles. The van der Waals surface area contributed by atoms with Gasteiger partial charge in [-0.2, -0.15) is 0 Å². The SMILES string of the molecule is O=C(O)/C(=C/c1cccc(OCc2ccc(Cl)cc2)c1)Sc1n[nH]c(-c2ccc(Cl)cc2)n1. The first kappa shape index (κ1) is 22.9. The summed E-state index contributed by atoms with van der Waals surface area (Å²) in [4.78, 5) is 16.3. The summed E-state index contributed by atoms with van der Waals surface area (Å²) in [6.45, 7) is 0.371. The Morgan fingerprint density at radius 1 is 1.03 bits per heavy atom. The molecule has 0 aliphatic heterocycles. The van der Waals surface area contributed by atoms with E-state index in [1.807, 2.05) is 18.2 Å². The van der Waals surface area contributed by atoms with Gasteiger partial charge in [0.2, 0.25) is 5.16 Å². The quantitative estimate of drug-likeness (QED) is 0.211. The number of aromatic nitrogens is 3. The lowest BCUT2D eigenvalue weighted by Crippen LogP contribution is -1.98. The normalized spacial score (nSPS) is 11.4. The average Bonchev–Trinajstić information content (AvgIpc) is 3.27. The minimum atomic E-state index is -1.08. The fourth-order valence-electron chi connectivity index (χ4n) is 2.85. The second kappa shape index (κ2) is 10.6. The number of rotatable bonds is 8. The Morgan fingerprint density at radius 3 is 2.42 bits per heavy atom. The van der Waals surface area contributed by atoms with Crippen LogP contribution in [0, 0.1) is 0 Å². The third kappa shape index (κ3) is 6.38. The Morgan fingerprint density at radius 2 is 1.73 bits per heavy atom. The maximum Gasteiger partial charge on any atom is 0.342 e. The fraction of sp³-hybridized carbons (Fsp3) is 0.0417. The van der Waals surface area contributed by atoms with Crippen LogP contribution in [0.1, 0.15) is 11.1 Å². The number of hydrogen-bond acceptors (Lipinski definition) is 5. The predicted molar refractivity (Wildman–Crippen MR) is 131 cm³/mol. The molecular formula is C24H17Cl2N3O3S. The number of hydrogen-bond donors (Lipinski definition) is 2. The van der Waals surface area contributed by atoms with E-state index in [0.717, 1.165) is 22.9 Å². The molecule has 0 atom stereocenters. The zero-order valence-corrected chi connectivity index (χ0v) is 19.4. The number of benzene rings is 3. The van der Waals surface area contributed by atoms with Crippen LogP contribution < -0.4 is 4.74 Å². The lowest BCUT2D eigenvalue weighted by molar-refractivity contribution is -0.131. The van der Waals surface area contributed by atoms with Gasteiger partial charge in [-0.3, -0.25) is 5.10 Å². The Bertz CT molecular complexity index is 1290. The second-order valence-corrected chi connectivity index (χ2v) is 8.76. The summed E-state index contributed by atoms with van der Waals surface area (Å²) in [7, 11) is 0. The van der Waals surface area contributed by atoms with Crippen molar-refractivity contribution in [2.45, 2.75) is 11.8 Å². The minimum Gasteiger partial charge on any atom is -0.489 e. The Balaban J connectivity index is 1.47. The van der Waals surface area contributed by atoms with E-state index in [9.17, 15) is 9.90 Å². The summed E-state index contributed by atoms with van der Waals surface area (Å²) < 4.78 is 5.83. The number of carbonyl (C=O) groups is 1. The molecule has 0 saturated heterocycles. The van der Waals surface area contributed by atoms with Crippen molar-refractivity contribution in [1.29, 1.82) is 0 Å². The van der Waals surface area contributed by atoms with E-state index in [1.165, 1.54) is 0 Å². The number of H-pyrrole nitrogens is 1. The van der Waals surface area contributed by atoms with Crippen molar-refractivity contribution in [3.8, 4) is 17.1 Å².